The second-order valence-corrected chi connectivity index (χ2v) is 4.20. The number of aliphatic hydroxyl groups is 1. The van der Waals surface area contributed by atoms with E-state index in [-0.39, 0.29) is 0 Å². The third kappa shape index (κ3) is 4.86. The van der Waals surface area contributed by atoms with Crippen molar-refractivity contribution < 1.29 is 5.11 Å². The molecule has 0 bridgehead atoms. The number of rotatable bonds is 5. The van der Waals surface area contributed by atoms with Crippen molar-refractivity contribution >= 4 is 6.08 Å². The summed E-state index contributed by atoms with van der Waals surface area (Å²) in [4.78, 5) is 0. The lowest BCUT2D eigenvalue weighted by molar-refractivity contribution is 0.238. The molecule has 90 valence electrons. The topological polar surface area (TPSA) is 32.3 Å². The van der Waals surface area contributed by atoms with Gasteiger partial charge in [-0.15, -0.1) is 6.42 Å². The molecule has 0 saturated carbocycles. The maximum Gasteiger partial charge on any atom is 0.139 e. The van der Waals surface area contributed by atoms with Gasteiger partial charge in [0.2, 0.25) is 0 Å². The van der Waals surface area contributed by atoms with Crippen LogP contribution in [0.4, 0.5) is 0 Å². The molecule has 1 aromatic carbocycles. The summed E-state index contributed by atoms with van der Waals surface area (Å²) in [5.74, 6) is 2.29. The van der Waals surface area contributed by atoms with Gasteiger partial charge in [0.25, 0.3) is 0 Å². The van der Waals surface area contributed by atoms with E-state index in [2.05, 4.69) is 31.2 Å². The monoisotopic (exact) mass is 229 g/mol. The molecule has 1 rings (SSSR count). The van der Waals surface area contributed by atoms with Gasteiger partial charge in [-0.25, -0.2) is 0 Å². The average molecular weight is 229 g/mol. The standard InChI is InChI=1S/C15H19NO/c1-4-15(17)14-9-7-13(8-10-14)6-5-11-16-12(2)3/h1,5-10,12,15-17H,11H2,2-3H3/b6-5+. The fourth-order valence-electron chi connectivity index (χ4n) is 1.38. The van der Waals surface area contributed by atoms with Gasteiger partial charge in [-0.05, 0) is 11.1 Å². The minimum absolute atomic E-state index is 0.493. The van der Waals surface area contributed by atoms with Crippen LogP contribution in [0, 0.1) is 12.3 Å². The highest BCUT2D eigenvalue weighted by Crippen LogP contribution is 2.13. The molecule has 2 heteroatoms. The normalized spacial score (nSPS) is 12.9. The van der Waals surface area contributed by atoms with Gasteiger partial charge in [0.05, 0.1) is 0 Å². The number of terminal acetylenes is 1. The van der Waals surface area contributed by atoms with E-state index in [1.807, 2.05) is 30.3 Å². The van der Waals surface area contributed by atoms with E-state index in [0.29, 0.717) is 6.04 Å². The summed E-state index contributed by atoms with van der Waals surface area (Å²) in [5.41, 5.74) is 1.86. The largest absolute Gasteiger partial charge is 0.376 e. The summed E-state index contributed by atoms with van der Waals surface area (Å²) in [6.45, 7) is 5.08. The van der Waals surface area contributed by atoms with Crippen molar-refractivity contribution in [1.82, 2.24) is 5.32 Å². The number of benzene rings is 1. The minimum Gasteiger partial charge on any atom is -0.376 e. The van der Waals surface area contributed by atoms with Crippen molar-refractivity contribution in [3.8, 4) is 12.3 Å². The molecule has 2 N–H and O–H groups in total. The summed E-state index contributed by atoms with van der Waals surface area (Å²) in [7, 11) is 0. The molecule has 0 heterocycles. The van der Waals surface area contributed by atoms with Crippen LogP contribution in [-0.4, -0.2) is 17.7 Å². The SMILES string of the molecule is C#CC(O)c1ccc(/C=C/CNC(C)C)cc1. The predicted octanol–water partition coefficient (Wildman–Crippen LogP) is 2.36. The van der Waals surface area contributed by atoms with Crippen LogP contribution < -0.4 is 5.32 Å². The van der Waals surface area contributed by atoms with E-state index in [9.17, 15) is 5.11 Å². The van der Waals surface area contributed by atoms with E-state index in [1.54, 1.807) is 0 Å². The van der Waals surface area contributed by atoms with Crippen molar-refractivity contribution in [2.24, 2.45) is 0 Å². The van der Waals surface area contributed by atoms with Gasteiger partial charge in [0, 0.05) is 12.6 Å². The molecule has 0 aliphatic heterocycles. The Labute approximate surface area is 103 Å². The average Bonchev–Trinajstić information content (AvgIpc) is 2.34. The van der Waals surface area contributed by atoms with Crippen molar-refractivity contribution in [2.45, 2.75) is 26.0 Å². The molecule has 0 aliphatic rings. The zero-order chi connectivity index (χ0) is 12.7. The molecular formula is C15H19NO. The molecule has 0 aromatic heterocycles. The lowest BCUT2D eigenvalue weighted by Gasteiger charge is -2.04. The van der Waals surface area contributed by atoms with Gasteiger partial charge in [0.1, 0.15) is 6.10 Å². The summed E-state index contributed by atoms with van der Waals surface area (Å²) < 4.78 is 0. The van der Waals surface area contributed by atoms with Crippen LogP contribution in [0.25, 0.3) is 6.08 Å². The van der Waals surface area contributed by atoms with Crippen molar-refractivity contribution in [2.75, 3.05) is 6.54 Å². The Kier molecular flexibility index (Phi) is 5.48. The van der Waals surface area contributed by atoms with Gasteiger partial charge in [-0.1, -0.05) is 56.2 Å². The fourth-order valence-corrected chi connectivity index (χ4v) is 1.38. The second-order valence-electron chi connectivity index (χ2n) is 4.20. The lowest BCUT2D eigenvalue weighted by Crippen LogP contribution is -2.22. The Hall–Kier alpha value is -1.56. The Morgan fingerprint density at radius 3 is 2.53 bits per heavy atom. The van der Waals surface area contributed by atoms with Crippen LogP contribution >= 0.6 is 0 Å². The first-order chi connectivity index (χ1) is 8.13. The maximum absolute atomic E-state index is 9.43. The van der Waals surface area contributed by atoms with E-state index >= 15 is 0 Å². The third-order valence-electron chi connectivity index (χ3n) is 2.36. The zero-order valence-electron chi connectivity index (χ0n) is 10.4. The Balaban J connectivity index is 2.54. The molecular weight excluding hydrogens is 210 g/mol. The summed E-state index contributed by atoms with van der Waals surface area (Å²) >= 11 is 0. The molecule has 0 spiro atoms. The number of hydrogen-bond donors (Lipinski definition) is 2. The van der Waals surface area contributed by atoms with Crippen LogP contribution in [0.1, 0.15) is 31.1 Å². The lowest BCUT2D eigenvalue weighted by atomic mass is 10.1. The maximum atomic E-state index is 9.43. The highest BCUT2D eigenvalue weighted by atomic mass is 16.3. The molecule has 0 fully saturated rings. The first-order valence-electron chi connectivity index (χ1n) is 5.77. The van der Waals surface area contributed by atoms with Crippen molar-refractivity contribution in [3.63, 3.8) is 0 Å². The van der Waals surface area contributed by atoms with Crippen LogP contribution in [0.15, 0.2) is 30.3 Å². The summed E-state index contributed by atoms with van der Waals surface area (Å²) in [6, 6.07) is 8.08. The van der Waals surface area contributed by atoms with Crippen LogP contribution in [-0.2, 0) is 0 Å². The van der Waals surface area contributed by atoms with Crippen molar-refractivity contribution in [3.05, 3.63) is 41.5 Å². The molecule has 0 amide bonds. The Bertz CT molecular complexity index is 398. The van der Waals surface area contributed by atoms with E-state index in [0.717, 1.165) is 17.7 Å². The van der Waals surface area contributed by atoms with Gasteiger partial charge in [-0.2, -0.15) is 0 Å². The first-order valence-corrected chi connectivity index (χ1v) is 5.77. The molecule has 0 aliphatic carbocycles. The molecule has 2 nitrogen and oxygen atoms in total. The van der Waals surface area contributed by atoms with E-state index < -0.39 is 6.10 Å². The van der Waals surface area contributed by atoms with E-state index in [1.165, 1.54) is 0 Å². The van der Waals surface area contributed by atoms with Crippen molar-refractivity contribution in [1.29, 1.82) is 0 Å². The van der Waals surface area contributed by atoms with Crippen LogP contribution in [0.2, 0.25) is 0 Å². The number of nitrogens with one attached hydrogen (secondary N) is 1. The third-order valence-corrected chi connectivity index (χ3v) is 2.36. The number of hydrogen-bond acceptors (Lipinski definition) is 2. The Morgan fingerprint density at radius 1 is 1.35 bits per heavy atom. The first kappa shape index (κ1) is 13.5. The number of aliphatic hydroxyl groups excluding tert-OH is 1. The van der Waals surface area contributed by atoms with Gasteiger partial charge in [-0.3, -0.25) is 0 Å². The molecule has 1 unspecified atom stereocenters. The predicted molar refractivity (Wildman–Crippen MR) is 72.4 cm³/mol. The fraction of sp³-hybridized carbons (Fsp3) is 0.333. The second kappa shape index (κ2) is 6.90. The van der Waals surface area contributed by atoms with Gasteiger partial charge >= 0.3 is 0 Å². The molecule has 0 saturated heterocycles. The van der Waals surface area contributed by atoms with Crippen LogP contribution in [0.3, 0.4) is 0 Å². The molecule has 0 radical (unpaired) electrons. The summed E-state index contributed by atoms with van der Waals surface area (Å²) in [5, 5.41) is 12.7. The van der Waals surface area contributed by atoms with E-state index in [4.69, 9.17) is 6.42 Å². The highest BCUT2D eigenvalue weighted by molar-refractivity contribution is 5.50. The summed E-state index contributed by atoms with van der Waals surface area (Å²) in [6.07, 6.45) is 8.46. The quantitative estimate of drug-likeness (QED) is 0.760. The van der Waals surface area contributed by atoms with Crippen LogP contribution in [0.5, 0.6) is 0 Å². The molecule has 1 aromatic rings. The molecule has 17 heavy (non-hydrogen) atoms. The Morgan fingerprint density at radius 2 is 2.00 bits per heavy atom. The molecule has 1 atom stereocenters. The zero-order valence-corrected chi connectivity index (χ0v) is 10.4. The highest BCUT2D eigenvalue weighted by Gasteiger charge is 2.01. The van der Waals surface area contributed by atoms with Gasteiger partial charge in [0.15, 0.2) is 0 Å². The minimum atomic E-state index is -0.810. The van der Waals surface area contributed by atoms with Gasteiger partial charge < -0.3 is 10.4 Å². The smallest absolute Gasteiger partial charge is 0.139 e.